The van der Waals surface area contributed by atoms with Crippen molar-refractivity contribution in [1.82, 2.24) is 10.2 Å². The van der Waals surface area contributed by atoms with Crippen molar-refractivity contribution in [2.45, 2.75) is 51.3 Å². The van der Waals surface area contributed by atoms with E-state index < -0.39 is 6.04 Å². The predicted octanol–water partition coefficient (Wildman–Crippen LogP) is 3.85. The Morgan fingerprint density at radius 2 is 1.79 bits per heavy atom. The van der Waals surface area contributed by atoms with Crippen LogP contribution in [0.2, 0.25) is 0 Å². The first-order valence-corrected chi connectivity index (χ1v) is 10.5. The lowest BCUT2D eigenvalue weighted by Gasteiger charge is -2.32. The van der Waals surface area contributed by atoms with Crippen molar-refractivity contribution < 1.29 is 14.3 Å². The Balaban J connectivity index is 1.86. The fourth-order valence-electron chi connectivity index (χ4n) is 3.69. The van der Waals surface area contributed by atoms with Gasteiger partial charge >= 0.3 is 0 Å². The highest BCUT2D eigenvalue weighted by atomic mass is 16.5. The van der Waals surface area contributed by atoms with E-state index in [1.807, 2.05) is 67.6 Å². The lowest BCUT2D eigenvalue weighted by atomic mass is 10.0. The first-order valence-electron chi connectivity index (χ1n) is 10.5. The van der Waals surface area contributed by atoms with Crippen LogP contribution in [0.4, 0.5) is 0 Å². The van der Waals surface area contributed by atoms with Gasteiger partial charge in [0, 0.05) is 26.1 Å². The maximum absolute atomic E-state index is 13.3. The molecule has 2 aromatic carbocycles. The lowest BCUT2D eigenvalue weighted by molar-refractivity contribution is -0.141. The third-order valence-electron chi connectivity index (χ3n) is 5.18. The molecule has 1 aliphatic rings. The molecule has 5 nitrogen and oxygen atoms in total. The van der Waals surface area contributed by atoms with E-state index in [2.05, 4.69) is 5.32 Å². The van der Waals surface area contributed by atoms with Gasteiger partial charge < -0.3 is 15.0 Å². The van der Waals surface area contributed by atoms with Crippen LogP contribution in [-0.4, -0.2) is 36.0 Å². The minimum Gasteiger partial charge on any atom is -0.376 e. The molecule has 154 valence electrons. The van der Waals surface area contributed by atoms with Gasteiger partial charge in [0.05, 0.1) is 6.10 Å². The fourth-order valence-corrected chi connectivity index (χ4v) is 3.69. The summed E-state index contributed by atoms with van der Waals surface area (Å²) < 4.78 is 5.64. The number of amides is 2. The van der Waals surface area contributed by atoms with Gasteiger partial charge in [-0.25, -0.2) is 0 Å². The average molecular weight is 395 g/mol. The summed E-state index contributed by atoms with van der Waals surface area (Å²) in [6, 6.07) is 18.7. The lowest BCUT2D eigenvalue weighted by Crippen LogP contribution is -2.45. The summed E-state index contributed by atoms with van der Waals surface area (Å²) in [4.78, 5) is 28.0. The monoisotopic (exact) mass is 394 g/mol. The highest BCUT2D eigenvalue weighted by molar-refractivity contribution is 5.88. The first kappa shape index (κ1) is 21.1. The molecule has 0 bridgehead atoms. The summed E-state index contributed by atoms with van der Waals surface area (Å²) in [5.74, 6) is -0.176. The quantitative estimate of drug-likeness (QED) is 0.703. The van der Waals surface area contributed by atoms with Crippen molar-refractivity contribution in [3.63, 3.8) is 0 Å². The number of hydrogen-bond donors (Lipinski definition) is 1. The van der Waals surface area contributed by atoms with E-state index in [4.69, 9.17) is 4.74 Å². The van der Waals surface area contributed by atoms with E-state index in [9.17, 15) is 9.59 Å². The van der Waals surface area contributed by atoms with E-state index in [1.165, 1.54) is 0 Å². The van der Waals surface area contributed by atoms with Gasteiger partial charge in [-0.15, -0.1) is 0 Å². The van der Waals surface area contributed by atoms with Crippen LogP contribution in [0.3, 0.4) is 0 Å². The van der Waals surface area contributed by atoms with Crippen LogP contribution in [-0.2, 0) is 20.9 Å². The second-order valence-electron chi connectivity index (χ2n) is 7.45. The summed E-state index contributed by atoms with van der Waals surface area (Å²) in [5, 5.41) is 3.03. The maximum Gasteiger partial charge on any atom is 0.247 e. The number of carbonyl (C=O) groups excluding carboxylic acids is 2. The number of nitrogens with one attached hydrogen (secondary N) is 1. The Bertz CT molecular complexity index is 773. The van der Waals surface area contributed by atoms with Gasteiger partial charge in [-0.2, -0.15) is 0 Å². The van der Waals surface area contributed by atoms with Gasteiger partial charge in [-0.1, -0.05) is 67.6 Å². The second-order valence-corrected chi connectivity index (χ2v) is 7.45. The van der Waals surface area contributed by atoms with E-state index >= 15 is 0 Å². The van der Waals surface area contributed by atoms with Gasteiger partial charge in [0.25, 0.3) is 0 Å². The topological polar surface area (TPSA) is 58.6 Å². The SMILES string of the molecule is CCCC(=O)N(Cc1ccccc1)[C@@H](C(=O)NC[C@H]1CCCO1)c1ccccc1. The van der Waals surface area contributed by atoms with Crippen LogP contribution in [0.1, 0.15) is 49.8 Å². The third-order valence-corrected chi connectivity index (χ3v) is 5.18. The van der Waals surface area contributed by atoms with Gasteiger partial charge in [0.15, 0.2) is 0 Å². The van der Waals surface area contributed by atoms with E-state index in [0.29, 0.717) is 19.5 Å². The van der Waals surface area contributed by atoms with Crippen molar-refractivity contribution in [3.8, 4) is 0 Å². The summed E-state index contributed by atoms with van der Waals surface area (Å²) in [6.07, 6.45) is 3.19. The van der Waals surface area contributed by atoms with Crippen LogP contribution in [0.5, 0.6) is 0 Å². The Hall–Kier alpha value is -2.66. The molecule has 1 saturated heterocycles. The molecule has 2 atom stereocenters. The molecular formula is C24H30N2O3. The summed E-state index contributed by atoms with van der Waals surface area (Å²) in [6.45, 7) is 3.60. The van der Waals surface area contributed by atoms with E-state index in [0.717, 1.165) is 37.0 Å². The van der Waals surface area contributed by atoms with Gasteiger partial charge in [0.1, 0.15) is 6.04 Å². The molecule has 0 saturated carbocycles. The Morgan fingerprint density at radius 3 is 2.41 bits per heavy atom. The van der Waals surface area contributed by atoms with Crippen molar-refractivity contribution >= 4 is 11.8 Å². The molecule has 3 rings (SSSR count). The molecule has 2 amide bonds. The standard InChI is InChI=1S/C24H30N2O3/c1-2-10-22(27)26(18-19-11-5-3-6-12-19)23(20-13-7-4-8-14-20)24(28)25-17-21-15-9-16-29-21/h3-8,11-14,21,23H,2,9-10,15-18H2,1H3,(H,25,28)/t21-,23-/m1/s1. The number of ether oxygens (including phenoxy) is 1. The highest BCUT2D eigenvalue weighted by Crippen LogP contribution is 2.25. The van der Waals surface area contributed by atoms with Gasteiger partial charge in [-0.3, -0.25) is 9.59 Å². The Labute approximate surface area is 173 Å². The molecule has 0 unspecified atom stereocenters. The molecule has 0 aromatic heterocycles. The normalized spacial score (nSPS) is 16.9. The molecule has 1 heterocycles. The summed E-state index contributed by atoms with van der Waals surface area (Å²) >= 11 is 0. The van der Waals surface area contributed by atoms with Crippen LogP contribution in [0, 0.1) is 0 Å². The molecule has 5 heteroatoms. The molecule has 0 radical (unpaired) electrons. The molecule has 1 aliphatic heterocycles. The fraction of sp³-hybridized carbons (Fsp3) is 0.417. The maximum atomic E-state index is 13.3. The Morgan fingerprint density at radius 1 is 1.10 bits per heavy atom. The molecule has 0 aliphatic carbocycles. The van der Waals surface area contributed by atoms with Gasteiger partial charge in [0.2, 0.25) is 11.8 Å². The molecule has 1 N–H and O–H groups in total. The average Bonchev–Trinajstić information content (AvgIpc) is 3.27. The predicted molar refractivity (Wildman–Crippen MR) is 113 cm³/mol. The molecule has 2 aromatic rings. The van der Waals surface area contributed by atoms with Crippen LogP contribution >= 0.6 is 0 Å². The molecular weight excluding hydrogens is 364 g/mol. The van der Waals surface area contributed by atoms with Crippen molar-refractivity contribution in [2.75, 3.05) is 13.2 Å². The highest BCUT2D eigenvalue weighted by Gasteiger charge is 2.31. The van der Waals surface area contributed by atoms with Crippen molar-refractivity contribution in [3.05, 3.63) is 71.8 Å². The molecule has 0 spiro atoms. The largest absolute Gasteiger partial charge is 0.376 e. The number of carbonyl (C=O) groups is 2. The summed E-state index contributed by atoms with van der Waals surface area (Å²) in [5.41, 5.74) is 1.82. The molecule has 1 fully saturated rings. The zero-order valence-corrected chi connectivity index (χ0v) is 17.0. The van der Waals surface area contributed by atoms with E-state index in [-0.39, 0.29) is 17.9 Å². The minimum atomic E-state index is -0.670. The second kappa shape index (κ2) is 10.8. The smallest absolute Gasteiger partial charge is 0.247 e. The summed E-state index contributed by atoms with van der Waals surface area (Å²) in [7, 11) is 0. The number of nitrogens with zero attached hydrogens (tertiary/aromatic N) is 1. The van der Waals surface area contributed by atoms with Gasteiger partial charge in [-0.05, 0) is 30.4 Å². The van der Waals surface area contributed by atoms with Crippen molar-refractivity contribution in [1.29, 1.82) is 0 Å². The van der Waals surface area contributed by atoms with Crippen LogP contribution in [0.15, 0.2) is 60.7 Å². The third kappa shape index (κ3) is 5.91. The zero-order valence-electron chi connectivity index (χ0n) is 17.0. The molecule has 29 heavy (non-hydrogen) atoms. The number of rotatable bonds is 9. The van der Waals surface area contributed by atoms with Crippen LogP contribution < -0.4 is 5.32 Å². The first-order chi connectivity index (χ1) is 14.2. The minimum absolute atomic E-state index is 0.0162. The number of hydrogen-bond acceptors (Lipinski definition) is 3. The van der Waals surface area contributed by atoms with Crippen LogP contribution in [0.25, 0.3) is 0 Å². The van der Waals surface area contributed by atoms with E-state index in [1.54, 1.807) is 4.90 Å². The zero-order chi connectivity index (χ0) is 20.5. The van der Waals surface area contributed by atoms with Crippen molar-refractivity contribution in [2.24, 2.45) is 0 Å². The number of benzene rings is 2. The Kier molecular flexibility index (Phi) is 7.82.